The highest BCUT2D eigenvalue weighted by atomic mass is 32.1. The summed E-state index contributed by atoms with van der Waals surface area (Å²) < 4.78 is 18.1. The Balaban J connectivity index is 1.60. The van der Waals surface area contributed by atoms with E-state index >= 15 is 0 Å². The molecule has 7 heteroatoms. The average molecular weight is 411 g/mol. The number of aromatic nitrogens is 3. The molecule has 3 aromatic heterocycles. The number of fused-ring (bicyclic) bond motifs is 3. The molecular weight excluding hydrogens is 387 g/mol. The Morgan fingerprint density at radius 3 is 2.66 bits per heavy atom. The van der Waals surface area contributed by atoms with Gasteiger partial charge in [-0.25, -0.2) is 9.07 Å². The Kier molecular flexibility index (Phi) is 4.72. The molecule has 0 atom stereocenters. The Morgan fingerprint density at radius 1 is 1.14 bits per heavy atom. The van der Waals surface area contributed by atoms with Gasteiger partial charge in [0.05, 0.1) is 23.0 Å². The van der Waals surface area contributed by atoms with Crippen molar-refractivity contribution in [3.05, 3.63) is 63.1 Å². The SMILES string of the molecule is Cc1cc2c(s1)c1cnn(CCN3CCCC3)c(=O)c1n2Cc1ccc(F)cc1. The van der Waals surface area contributed by atoms with Crippen LogP contribution in [0.4, 0.5) is 4.39 Å². The molecule has 0 aliphatic carbocycles. The number of nitrogens with zero attached hydrogens (tertiary/aromatic N) is 4. The van der Waals surface area contributed by atoms with Crippen molar-refractivity contribution in [3.63, 3.8) is 0 Å². The molecule has 0 radical (unpaired) electrons. The van der Waals surface area contributed by atoms with E-state index < -0.39 is 0 Å². The van der Waals surface area contributed by atoms with Gasteiger partial charge in [-0.3, -0.25) is 4.79 Å². The van der Waals surface area contributed by atoms with Crippen LogP contribution in [-0.4, -0.2) is 38.9 Å². The van der Waals surface area contributed by atoms with Crippen LogP contribution in [0.2, 0.25) is 0 Å². The smallest absolute Gasteiger partial charge is 0.291 e. The molecule has 150 valence electrons. The maximum Gasteiger partial charge on any atom is 0.291 e. The van der Waals surface area contributed by atoms with E-state index in [4.69, 9.17) is 0 Å². The molecule has 1 fully saturated rings. The van der Waals surface area contributed by atoms with Crippen LogP contribution in [0.15, 0.2) is 41.3 Å². The Labute approximate surface area is 172 Å². The monoisotopic (exact) mass is 410 g/mol. The van der Waals surface area contributed by atoms with Crippen molar-refractivity contribution in [2.75, 3.05) is 19.6 Å². The number of benzene rings is 1. The first-order chi connectivity index (χ1) is 14.1. The zero-order chi connectivity index (χ0) is 20.0. The van der Waals surface area contributed by atoms with Crippen molar-refractivity contribution in [2.45, 2.75) is 32.9 Å². The van der Waals surface area contributed by atoms with Crippen LogP contribution in [-0.2, 0) is 13.1 Å². The van der Waals surface area contributed by atoms with E-state index in [-0.39, 0.29) is 11.4 Å². The van der Waals surface area contributed by atoms with Gasteiger partial charge >= 0.3 is 0 Å². The molecule has 1 aromatic carbocycles. The molecule has 0 unspecified atom stereocenters. The van der Waals surface area contributed by atoms with Gasteiger partial charge in [0.1, 0.15) is 11.3 Å². The third-order valence-electron chi connectivity index (χ3n) is 5.74. The van der Waals surface area contributed by atoms with Crippen LogP contribution >= 0.6 is 11.3 Å². The van der Waals surface area contributed by atoms with Gasteiger partial charge in [-0.15, -0.1) is 11.3 Å². The van der Waals surface area contributed by atoms with Gasteiger partial charge < -0.3 is 9.47 Å². The molecule has 1 saturated heterocycles. The fourth-order valence-corrected chi connectivity index (χ4v) is 5.28. The van der Waals surface area contributed by atoms with E-state index in [1.807, 2.05) is 6.20 Å². The lowest BCUT2D eigenvalue weighted by atomic mass is 10.2. The molecule has 4 heterocycles. The number of thiophene rings is 1. The first-order valence-electron chi connectivity index (χ1n) is 10.1. The summed E-state index contributed by atoms with van der Waals surface area (Å²) in [6.45, 7) is 6.26. The Bertz CT molecular complexity index is 1230. The quantitative estimate of drug-likeness (QED) is 0.499. The standard InChI is InChI=1S/C22H23FN4OS/c1-15-12-19-21(29-15)18-13-24-27(11-10-25-8-2-3-9-25)22(28)20(18)26(19)14-16-4-6-17(23)7-5-16/h4-7,12-13H,2-3,8-11,14H2,1H3. The lowest BCUT2D eigenvalue weighted by Gasteiger charge is -2.15. The van der Waals surface area contributed by atoms with Gasteiger partial charge in [0, 0.05) is 23.4 Å². The molecule has 0 amide bonds. The first-order valence-corrected chi connectivity index (χ1v) is 10.9. The fraction of sp³-hybridized carbons (Fsp3) is 0.364. The van der Waals surface area contributed by atoms with Crippen LogP contribution in [0, 0.1) is 12.7 Å². The molecule has 0 spiro atoms. The maximum absolute atomic E-state index is 13.4. The first kappa shape index (κ1) is 18.5. The van der Waals surface area contributed by atoms with Gasteiger partial charge in [-0.05, 0) is 56.6 Å². The van der Waals surface area contributed by atoms with E-state index in [0.717, 1.165) is 40.8 Å². The predicted molar refractivity (Wildman–Crippen MR) is 115 cm³/mol. The second kappa shape index (κ2) is 7.39. The van der Waals surface area contributed by atoms with Crippen LogP contribution in [0.5, 0.6) is 0 Å². The van der Waals surface area contributed by atoms with E-state index in [0.29, 0.717) is 18.6 Å². The summed E-state index contributed by atoms with van der Waals surface area (Å²) in [5.41, 5.74) is 2.65. The summed E-state index contributed by atoms with van der Waals surface area (Å²) in [4.78, 5) is 16.9. The minimum absolute atomic E-state index is 0.0511. The zero-order valence-corrected chi connectivity index (χ0v) is 17.2. The third kappa shape index (κ3) is 3.38. The van der Waals surface area contributed by atoms with Gasteiger partial charge in [-0.1, -0.05) is 12.1 Å². The van der Waals surface area contributed by atoms with E-state index in [2.05, 4.69) is 27.6 Å². The molecule has 1 aliphatic heterocycles. The van der Waals surface area contributed by atoms with Crippen molar-refractivity contribution >= 4 is 32.5 Å². The minimum atomic E-state index is -0.254. The topological polar surface area (TPSA) is 43.1 Å². The van der Waals surface area contributed by atoms with Crippen molar-refractivity contribution in [1.82, 2.24) is 19.2 Å². The van der Waals surface area contributed by atoms with E-state index in [1.165, 1.54) is 29.9 Å². The Morgan fingerprint density at radius 2 is 1.90 bits per heavy atom. The number of hydrogen-bond acceptors (Lipinski definition) is 4. The number of hydrogen-bond donors (Lipinski definition) is 0. The van der Waals surface area contributed by atoms with Gasteiger partial charge in [0.25, 0.3) is 5.56 Å². The van der Waals surface area contributed by atoms with Crippen LogP contribution in [0.25, 0.3) is 21.1 Å². The lowest BCUT2D eigenvalue weighted by molar-refractivity contribution is 0.312. The largest absolute Gasteiger partial charge is 0.331 e. The molecule has 0 saturated carbocycles. The number of likely N-dealkylation sites (tertiary alicyclic amines) is 1. The summed E-state index contributed by atoms with van der Waals surface area (Å²) in [6, 6.07) is 8.61. The summed E-state index contributed by atoms with van der Waals surface area (Å²) >= 11 is 1.69. The molecule has 4 aromatic rings. The summed E-state index contributed by atoms with van der Waals surface area (Å²) in [6.07, 6.45) is 4.30. The van der Waals surface area contributed by atoms with Crippen molar-refractivity contribution in [3.8, 4) is 0 Å². The number of halogens is 1. The normalized spacial score (nSPS) is 15.1. The van der Waals surface area contributed by atoms with Gasteiger partial charge in [0.2, 0.25) is 0 Å². The van der Waals surface area contributed by atoms with E-state index in [9.17, 15) is 9.18 Å². The van der Waals surface area contributed by atoms with Crippen LogP contribution in [0.1, 0.15) is 23.3 Å². The second-order valence-electron chi connectivity index (χ2n) is 7.77. The highest BCUT2D eigenvalue weighted by Crippen LogP contribution is 2.34. The third-order valence-corrected chi connectivity index (χ3v) is 6.81. The minimum Gasteiger partial charge on any atom is -0.331 e. The molecule has 0 bridgehead atoms. The van der Waals surface area contributed by atoms with Gasteiger partial charge in [0.15, 0.2) is 0 Å². The molecule has 5 nitrogen and oxygen atoms in total. The maximum atomic E-state index is 13.4. The Hall–Kier alpha value is -2.51. The summed E-state index contributed by atoms with van der Waals surface area (Å²) in [5, 5.41) is 5.39. The summed E-state index contributed by atoms with van der Waals surface area (Å²) in [5.74, 6) is -0.254. The molecule has 1 aliphatic rings. The molecule has 0 N–H and O–H groups in total. The molecule has 29 heavy (non-hydrogen) atoms. The van der Waals surface area contributed by atoms with E-state index in [1.54, 1.807) is 28.2 Å². The fourth-order valence-electron chi connectivity index (χ4n) is 4.26. The van der Waals surface area contributed by atoms with Gasteiger partial charge in [-0.2, -0.15) is 5.10 Å². The average Bonchev–Trinajstić information content (AvgIpc) is 3.41. The second-order valence-corrected chi connectivity index (χ2v) is 9.02. The lowest BCUT2D eigenvalue weighted by Crippen LogP contribution is -2.31. The zero-order valence-electron chi connectivity index (χ0n) is 16.4. The van der Waals surface area contributed by atoms with Crippen molar-refractivity contribution in [1.29, 1.82) is 0 Å². The van der Waals surface area contributed by atoms with Crippen LogP contribution < -0.4 is 5.56 Å². The highest BCUT2D eigenvalue weighted by Gasteiger charge is 2.19. The highest BCUT2D eigenvalue weighted by molar-refractivity contribution is 7.20. The number of aryl methyl sites for hydroxylation is 1. The molecule has 5 rings (SSSR count). The number of rotatable bonds is 5. The van der Waals surface area contributed by atoms with Crippen LogP contribution in [0.3, 0.4) is 0 Å². The predicted octanol–water partition coefficient (Wildman–Crippen LogP) is 4.00. The molecular formula is C22H23FN4OS. The van der Waals surface area contributed by atoms with Crippen molar-refractivity contribution in [2.24, 2.45) is 0 Å². The van der Waals surface area contributed by atoms with Crippen molar-refractivity contribution < 1.29 is 4.39 Å². The summed E-state index contributed by atoms with van der Waals surface area (Å²) in [7, 11) is 0.